The third kappa shape index (κ3) is 2.74. The molecule has 0 saturated heterocycles. The molecule has 0 atom stereocenters. The molecule has 0 N–H and O–H groups in total. The van der Waals surface area contributed by atoms with Crippen molar-refractivity contribution in [2.75, 3.05) is 7.05 Å². The zero-order valence-corrected chi connectivity index (χ0v) is 8.72. The van der Waals surface area contributed by atoms with Crippen LogP contribution in [-0.2, 0) is 0 Å². The first-order chi connectivity index (χ1) is 6.13. The molecular weight excluding hydrogens is 186 g/mol. The van der Waals surface area contributed by atoms with Crippen molar-refractivity contribution >= 4 is 17.5 Å². The lowest BCUT2D eigenvalue weighted by atomic mass is 10.2. The summed E-state index contributed by atoms with van der Waals surface area (Å²) in [6, 6.07) is 5.52. The maximum Gasteiger partial charge on any atom is 0.186 e. The predicted molar refractivity (Wildman–Crippen MR) is 55.9 cm³/mol. The van der Waals surface area contributed by atoms with Gasteiger partial charge < -0.3 is 4.74 Å². The molecule has 3 heteroatoms. The normalized spacial score (nSPS) is 11.5. The Morgan fingerprint density at radius 1 is 1.46 bits per heavy atom. The van der Waals surface area contributed by atoms with Crippen LogP contribution < -0.4 is 4.74 Å². The number of nitrogens with zero attached hydrogens (tertiary/aromatic N) is 1. The summed E-state index contributed by atoms with van der Waals surface area (Å²) >= 11 is 5.87. The zero-order chi connectivity index (χ0) is 9.84. The van der Waals surface area contributed by atoms with Crippen molar-refractivity contribution < 1.29 is 4.74 Å². The lowest BCUT2D eigenvalue weighted by Crippen LogP contribution is -2.02. The van der Waals surface area contributed by atoms with Crippen LogP contribution in [0.5, 0.6) is 5.75 Å². The third-order valence-corrected chi connectivity index (χ3v) is 2.13. The first kappa shape index (κ1) is 10.1. The Morgan fingerprint density at radius 3 is 2.69 bits per heavy atom. The van der Waals surface area contributed by atoms with Crippen molar-refractivity contribution in [2.45, 2.75) is 13.8 Å². The van der Waals surface area contributed by atoms with Gasteiger partial charge in [-0.25, -0.2) is 0 Å². The molecule has 0 heterocycles. The summed E-state index contributed by atoms with van der Waals surface area (Å²) in [6.07, 6.45) is 0. The number of rotatable bonds is 1. The molecule has 0 saturated carbocycles. The van der Waals surface area contributed by atoms with Gasteiger partial charge in [0.2, 0.25) is 0 Å². The molecule has 0 spiro atoms. The summed E-state index contributed by atoms with van der Waals surface area (Å²) in [6.45, 7) is 3.75. The smallest absolute Gasteiger partial charge is 0.186 e. The van der Waals surface area contributed by atoms with Crippen LogP contribution in [0.4, 0.5) is 0 Å². The van der Waals surface area contributed by atoms with E-state index in [0.717, 1.165) is 16.3 Å². The second kappa shape index (κ2) is 4.28. The highest BCUT2D eigenvalue weighted by molar-refractivity contribution is 6.31. The molecule has 0 aliphatic rings. The summed E-state index contributed by atoms with van der Waals surface area (Å²) < 4.78 is 5.39. The molecule has 1 aromatic rings. The van der Waals surface area contributed by atoms with Gasteiger partial charge in [0.15, 0.2) is 5.90 Å². The van der Waals surface area contributed by atoms with E-state index in [-0.39, 0.29) is 0 Å². The van der Waals surface area contributed by atoms with Gasteiger partial charge in [0.1, 0.15) is 5.75 Å². The van der Waals surface area contributed by atoms with Crippen LogP contribution in [0, 0.1) is 6.92 Å². The highest BCUT2D eigenvalue weighted by Gasteiger charge is 1.99. The lowest BCUT2D eigenvalue weighted by molar-refractivity contribution is 0.545. The maximum atomic E-state index is 5.87. The molecular formula is C10H12ClNO. The number of aryl methyl sites for hydroxylation is 1. The van der Waals surface area contributed by atoms with Gasteiger partial charge in [0.25, 0.3) is 0 Å². The topological polar surface area (TPSA) is 21.6 Å². The van der Waals surface area contributed by atoms with Gasteiger partial charge in [-0.2, -0.15) is 0 Å². The Bertz CT molecular complexity index is 334. The summed E-state index contributed by atoms with van der Waals surface area (Å²) in [5, 5.41) is 0.749. The SMILES string of the molecule is CN=C(C)Oc1ccc(Cl)c(C)c1. The van der Waals surface area contributed by atoms with Crippen molar-refractivity contribution in [3.8, 4) is 5.75 Å². The van der Waals surface area contributed by atoms with E-state index in [2.05, 4.69) is 4.99 Å². The van der Waals surface area contributed by atoms with Crippen LogP contribution in [0.25, 0.3) is 0 Å². The van der Waals surface area contributed by atoms with Crippen molar-refractivity contribution in [1.82, 2.24) is 0 Å². The highest BCUT2D eigenvalue weighted by Crippen LogP contribution is 2.21. The molecule has 0 unspecified atom stereocenters. The summed E-state index contributed by atoms with van der Waals surface area (Å²) in [7, 11) is 1.69. The lowest BCUT2D eigenvalue weighted by Gasteiger charge is -2.05. The van der Waals surface area contributed by atoms with Gasteiger partial charge in [-0.1, -0.05) is 11.6 Å². The highest BCUT2D eigenvalue weighted by atomic mass is 35.5. The van der Waals surface area contributed by atoms with E-state index >= 15 is 0 Å². The van der Waals surface area contributed by atoms with Gasteiger partial charge in [0.05, 0.1) is 0 Å². The third-order valence-electron chi connectivity index (χ3n) is 1.71. The molecule has 13 heavy (non-hydrogen) atoms. The molecule has 0 aliphatic carbocycles. The Hall–Kier alpha value is -1.02. The Labute approximate surface area is 83.2 Å². The number of hydrogen-bond acceptors (Lipinski definition) is 2. The van der Waals surface area contributed by atoms with Crippen molar-refractivity contribution in [1.29, 1.82) is 0 Å². The number of benzene rings is 1. The fourth-order valence-corrected chi connectivity index (χ4v) is 1.01. The van der Waals surface area contributed by atoms with E-state index in [1.54, 1.807) is 7.05 Å². The molecule has 1 aromatic carbocycles. The molecule has 0 aromatic heterocycles. The Morgan fingerprint density at radius 2 is 2.15 bits per heavy atom. The number of aliphatic imine (C=N–C) groups is 1. The molecule has 0 aliphatic heterocycles. The number of hydrogen-bond donors (Lipinski definition) is 0. The summed E-state index contributed by atoms with van der Waals surface area (Å²) in [4.78, 5) is 3.90. The average molecular weight is 198 g/mol. The van der Waals surface area contributed by atoms with E-state index in [9.17, 15) is 0 Å². The average Bonchev–Trinajstić information content (AvgIpc) is 2.11. The van der Waals surface area contributed by atoms with E-state index in [0.29, 0.717) is 5.90 Å². The van der Waals surface area contributed by atoms with Crippen molar-refractivity contribution in [3.63, 3.8) is 0 Å². The van der Waals surface area contributed by atoms with Crippen LogP contribution in [0.3, 0.4) is 0 Å². The molecule has 2 nitrogen and oxygen atoms in total. The minimum atomic E-state index is 0.640. The van der Waals surface area contributed by atoms with Crippen LogP contribution in [0.1, 0.15) is 12.5 Å². The van der Waals surface area contributed by atoms with Crippen LogP contribution in [0.2, 0.25) is 5.02 Å². The van der Waals surface area contributed by atoms with Gasteiger partial charge in [0, 0.05) is 19.0 Å². The van der Waals surface area contributed by atoms with Crippen molar-refractivity contribution in [2.24, 2.45) is 4.99 Å². The minimum Gasteiger partial charge on any atom is -0.444 e. The van der Waals surface area contributed by atoms with E-state index in [1.807, 2.05) is 32.0 Å². The van der Waals surface area contributed by atoms with E-state index in [4.69, 9.17) is 16.3 Å². The molecule has 1 rings (SSSR count). The zero-order valence-electron chi connectivity index (χ0n) is 7.97. The molecule has 0 radical (unpaired) electrons. The van der Waals surface area contributed by atoms with Crippen LogP contribution in [-0.4, -0.2) is 12.9 Å². The molecule has 0 bridgehead atoms. The second-order valence-corrected chi connectivity index (χ2v) is 3.16. The van der Waals surface area contributed by atoms with Crippen LogP contribution in [0.15, 0.2) is 23.2 Å². The largest absolute Gasteiger partial charge is 0.444 e. The molecule has 70 valence electrons. The Balaban J connectivity index is 2.86. The first-order valence-electron chi connectivity index (χ1n) is 4.01. The Kier molecular flexibility index (Phi) is 3.32. The summed E-state index contributed by atoms with van der Waals surface area (Å²) in [5.41, 5.74) is 1.00. The second-order valence-electron chi connectivity index (χ2n) is 2.76. The van der Waals surface area contributed by atoms with Gasteiger partial charge in [-0.05, 0) is 30.7 Å². The van der Waals surface area contributed by atoms with Gasteiger partial charge in [-0.3, -0.25) is 4.99 Å². The fraction of sp³-hybridized carbons (Fsp3) is 0.300. The number of ether oxygens (including phenoxy) is 1. The predicted octanol–water partition coefficient (Wildman–Crippen LogP) is 3.08. The quantitative estimate of drug-likeness (QED) is 0.501. The minimum absolute atomic E-state index is 0.640. The monoisotopic (exact) mass is 197 g/mol. The first-order valence-corrected chi connectivity index (χ1v) is 4.38. The van der Waals surface area contributed by atoms with E-state index < -0.39 is 0 Å². The molecule has 0 fully saturated rings. The fourth-order valence-electron chi connectivity index (χ4n) is 0.897. The maximum absolute atomic E-state index is 5.87. The van der Waals surface area contributed by atoms with Crippen LogP contribution >= 0.6 is 11.6 Å². The van der Waals surface area contributed by atoms with Gasteiger partial charge >= 0.3 is 0 Å². The standard InChI is InChI=1S/C10H12ClNO/c1-7-6-9(4-5-10(7)11)13-8(2)12-3/h4-6H,1-3H3. The van der Waals surface area contributed by atoms with Gasteiger partial charge in [-0.15, -0.1) is 0 Å². The molecule has 0 amide bonds. The number of halogens is 1. The summed E-state index contributed by atoms with van der Waals surface area (Å²) in [5.74, 6) is 1.41. The van der Waals surface area contributed by atoms with Crippen molar-refractivity contribution in [3.05, 3.63) is 28.8 Å². The van der Waals surface area contributed by atoms with E-state index in [1.165, 1.54) is 0 Å².